The van der Waals surface area contributed by atoms with Crippen LogP contribution in [0.1, 0.15) is 40.2 Å². The number of ether oxygens (including phenoxy) is 1. The third kappa shape index (κ3) is 5.95. The second-order valence-corrected chi connectivity index (χ2v) is 10.8. The van der Waals surface area contributed by atoms with Crippen LogP contribution in [0.4, 0.5) is 14.5 Å². The average Bonchev–Trinajstić information content (AvgIpc) is 3.64. The van der Waals surface area contributed by atoms with Crippen molar-refractivity contribution in [3.63, 3.8) is 0 Å². The highest BCUT2D eigenvalue weighted by molar-refractivity contribution is 6.34. The molecule has 2 aliphatic rings. The van der Waals surface area contributed by atoms with Crippen molar-refractivity contribution in [2.75, 3.05) is 38.6 Å². The van der Waals surface area contributed by atoms with Crippen molar-refractivity contribution in [1.29, 1.82) is 0 Å². The van der Waals surface area contributed by atoms with E-state index in [1.165, 1.54) is 49.2 Å². The zero-order valence-corrected chi connectivity index (χ0v) is 23.9. The molecule has 10 nitrogen and oxygen atoms in total. The Bertz CT molecular complexity index is 1520. The summed E-state index contributed by atoms with van der Waals surface area (Å²) in [5.74, 6) is -3.50. The third-order valence-corrected chi connectivity index (χ3v) is 8.06. The summed E-state index contributed by atoms with van der Waals surface area (Å²) in [4.78, 5) is 44.5. The van der Waals surface area contributed by atoms with Gasteiger partial charge in [-0.25, -0.2) is 9.37 Å². The zero-order valence-electron chi connectivity index (χ0n) is 23.2. The van der Waals surface area contributed by atoms with Crippen LogP contribution < -0.4 is 20.7 Å². The van der Waals surface area contributed by atoms with E-state index in [9.17, 15) is 23.2 Å². The van der Waals surface area contributed by atoms with E-state index in [2.05, 4.69) is 20.9 Å². The number of likely N-dealkylation sites (tertiary alicyclic amines) is 1. The molecule has 2 aromatic carbocycles. The fourth-order valence-electron chi connectivity index (χ4n) is 5.32. The molecule has 2 aliphatic heterocycles. The van der Waals surface area contributed by atoms with Crippen molar-refractivity contribution >= 4 is 35.0 Å². The van der Waals surface area contributed by atoms with Gasteiger partial charge >= 0.3 is 0 Å². The van der Waals surface area contributed by atoms with Gasteiger partial charge in [-0.15, -0.1) is 0 Å². The van der Waals surface area contributed by atoms with Gasteiger partial charge < -0.3 is 30.2 Å². The molecule has 0 radical (unpaired) electrons. The van der Waals surface area contributed by atoms with Gasteiger partial charge in [0.15, 0.2) is 17.4 Å². The highest BCUT2D eigenvalue weighted by Crippen LogP contribution is 2.30. The molecule has 13 heteroatoms. The lowest BCUT2D eigenvalue weighted by Crippen LogP contribution is -2.45. The molecule has 0 saturated carbocycles. The van der Waals surface area contributed by atoms with Crippen LogP contribution in [0.25, 0.3) is 11.3 Å². The Morgan fingerprint density at radius 1 is 1.10 bits per heavy atom. The number of carbonyl (C=O) groups is 3. The largest absolute Gasteiger partial charge is 0.494 e. The Balaban J connectivity index is 1.21. The summed E-state index contributed by atoms with van der Waals surface area (Å²) in [6.45, 7) is 2.56. The highest BCUT2D eigenvalue weighted by Gasteiger charge is 2.30. The number of aromatic nitrogens is 2. The quantitative estimate of drug-likeness (QED) is 0.381. The van der Waals surface area contributed by atoms with E-state index in [1.807, 2.05) is 0 Å². The average molecular weight is 601 g/mol. The number of rotatable bonds is 7. The van der Waals surface area contributed by atoms with Crippen molar-refractivity contribution in [3.05, 3.63) is 64.6 Å². The molecule has 2 saturated heterocycles. The van der Waals surface area contributed by atoms with Gasteiger partial charge in [-0.05, 0) is 56.1 Å². The van der Waals surface area contributed by atoms with Crippen molar-refractivity contribution in [1.82, 2.24) is 25.1 Å². The standard InChI is InChI=1S/C29H31ClF2N6O4/c1-37-22(20-5-6-23(42-2)25(32)24(20)31)15-34-26(37)28(40)35-17-3-4-19(21(30)13-17)29(41)38-11-8-16(9-12-38)27(39)36-18-7-10-33-14-18/h3-6,13,15-16,18,33H,7-12,14H2,1-2H3,(H,35,40)(H,36,39)/t18-/m1/s1. The predicted octanol–water partition coefficient (Wildman–Crippen LogP) is 3.61. The van der Waals surface area contributed by atoms with E-state index < -0.39 is 17.5 Å². The van der Waals surface area contributed by atoms with E-state index >= 15 is 0 Å². The summed E-state index contributed by atoms with van der Waals surface area (Å²) in [7, 11) is 2.74. The third-order valence-electron chi connectivity index (χ3n) is 7.75. The van der Waals surface area contributed by atoms with E-state index in [0.717, 1.165) is 19.5 Å². The monoisotopic (exact) mass is 600 g/mol. The lowest BCUT2D eigenvalue weighted by Gasteiger charge is -2.32. The smallest absolute Gasteiger partial charge is 0.291 e. The summed E-state index contributed by atoms with van der Waals surface area (Å²) < 4.78 is 35.0. The Morgan fingerprint density at radius 2 is 1.86 bits per heavy atom. The number of hydrogen-bond donors (Lipinski definition) is 3. The normalized spacial score (nSPS) is 17.3. The molecular weight excluding hydrogens is 570 g/mol. The summed E-state index contributed by atoms with van der Waals surface area (Å²) in [5.41, 5.74) is 0.717. The molecular formula is C29H31ClF2N6O4. The Labute approximate surface area is 246 Å². The SMILES string of the molecule is COc1ccc(-c2cnc(C(=O)Nc3ccc(C(=O)N4CCC(C(=O)N[C@@H]5CCNC5)CC4)c(Cl)c3)n2C)c(F)c1F. The second-order valence-electron chi connectivity index (χ2n) is 10.4. The van der Waals surface area contributed by atoms with Gasteiger partial charge in [0, 0.05) is 49.9 Å². The molecule has 0 aliphatic carbocycles. The first-order valence-electron chi connectivity index (χ1n) is 13.6. The highest BCUT2D eigenvalue weighted by atomic mass is 35.5. The molecule has 3 N–H and O–H groups in total. The number of benzene rings is 2. The molecule has 5 rings (SSSR count). The first-order chi connectivity index (χ1) is 20.2. The van der Waals surface area contributed by atoms with E-state index in [1.54, 1.807) is 11.0 Å². The predicted molar refractivity (Wildman–Crippen MR) is 153 cm³/mol. The fourth-order valence-corrected chi connectivity index (χ4v) is 5.58. The van der Waals surface area contributed by atoms with Crippen LogP contribution in [0.15, 0.2) is 36.5 Å². The van der Waals surface area contributed by atoms with Crippen LogP contribution in [0.2, 0.25) is 5.02 Å². The maximum absolute atomic E-state index is 14.6. The number of imidazole rings is 1. The lowest BCUT2D eigenvalue weighted by atomic mass is 9.95. The molecule has 2 fully saturated rings. The number of methoxy groups -OCH3 is 1. The van der Waals surface area contributed by atoms with Gasteiger partial charge in [0.05, 0.1) is 29.6 Å². The number of amides is 3. The van der Waals surface area contributed by atoms with Gasteiger partial charge in [0.1, 0.15) is 0 Å². The Morgan fingerprint density at radius 3 is 2.52 bits per heavy atom. The van der Waals surface area contributed by atoms with Gasteiger partial charge in [0.2, 0.25) is 11.7 Å². The van der Waals surface area contributed by atoms with Crippen LogP contribution in [-0.4, -0.2) is 71.5 Å². The van der Waals surface area contributed by atoms with Crippen molar-refractivity contribution in [3.8, 4) is 17.0 Å². The van der Waals surface area contributed by atoms with Gasteiger partial charge in [-0.3, -0.25) is 14.4 Å². The number of carbonyl (C=O) groups excluding carboxylic acids is 3. The van der Waals surface area contributed by atoms with Crippen molar-refractivity contribution < 1.29 is 27.9 Å². The van der Waals surface area contributed by atoms with Gasteiger partial charge in [0.25, 0.3) is 11.8 Å². The number of anilines is 1. The minimum absolute atomic E-state index is 0.0371. The minimum atomic E-state index is -1.14. The number of hydrogen-bond acceptors (Lipinski definition) is 6. The molecule has 0 unspecified atom stereocenters. The first kappa shape index (κ1) is 29.5. The first-order valence-corrected chi connectivity index (χ1v) is 14.0. The number of halogens is 3. The van der Waals surface area contributed by atoms with Crippen LogP contribution in [0, 0.1) is 17.6 Å². The number of piperidine rings is 1. The van der Waals surface area contributed by atoms with Gasteiger partial charge in [-0.2, -0.15) is 4.39 Å². The summed E-state index contributed by atoms with van der Waals surface area (Å²) >= 11 is 6.44. The van der Waals surface area contributed by atoms with Crippen LogP contribution >= 0.6 is 11.6 Å². The molecule has 3 aromatic rings. The molecule has 222 valence electrons. The topological polar surface area (TPSA) is 118 Å². The Hall–Kier alpha value is -4.03. The maximum atomic E-state index is 14.6. The van der Waals surface area contributed by atoms with Crippen molar-refractivity contribution in [2.45, 2.75) is 25.3 Å². The zero-order chi connectivity index (χ0) is 30.0. The van der Waals surface area contributed by atoms with Crippen LogP contribution in [0.3, 0.4) is 0 Å². The molecule has 42 heavy (non-hydrogen) atoms. The molecule has 0 spiro atoms. The van der Waals surface area contributed by atoms with E-state index in [-0.39, 0.29) is 57.2 Å². The van der Waals surface area contributed by atoms with E-state index in [4.69, 9.17) is 16.3 Å². The minimum Gasteiger partial charge on any atom is -0.494 e. The summed E-state index contributed by atoms with van der Waals surface area (Å²) in [6.07, 6.45) is 3.34. The lowest BCUT2D eigenvalue weighted by molar-refractivity contribution is -0.126. The number of nitrogens with one attached hydrogen (secondary N) is 3. The van der Waals surface area contributed by atoms with Gasteiger partial charge in [-0.1, -0.05) is 11.6 Å². The van der Waals surface area contributed by atoms with Crippen LogP contribution in [0.5, 0.6) is 5.75 Å². The Kier molecular flexibility index (Phi) is 8.74. The fraction of sp³-hybridized carbons (Fsp3) is 0.379. The van der Waals surface area contributed by atoms with E-state index in [0.29, 0.717) is 31.6 Å². The molecule has 1 atom stereocenters. The van der Waals surface area contributed by atoms with Crippen molar-refractivity contribution in [2.24, 2.45) is 13.0 Å². The molecule has 0 bridgehead atoms. The summed E-state index contributed by atoms with van der Waals surface area (Å²) in [5, 5.41) is 9.15. The molecule has 3 amide bonds. The second kappa shape index (κ2) is 12.5. The molecule has 1 aromatic heterocycles. The maximum Gasteiger partial charge on any atom is 0.291 e. The summed E-state index contributed by atoms with van der Waals surface area (Å²) in [6, 6.07) is 7.34. The molecule has 3 heterocycles. The number of nitrogens with zero attached hydrogens (tertiary/aromatic N) is 3. The van der Waals surface area contributed by atoms with Crippen LogP contribution in [-0.2, 0) is 11.8 Å².